The number of nitrogens with one attached hydrogen (secondary N) is 1. The molecule has 3 nitrogen and oxygen atoms in total. The minimum absolute atomic E-state index is 0.721. The molecule has 0 atom stereocenters. The number of allylic oxidation sites excluding steroid dienone is 1. The second-order valence-corrected chi connectivity index (χ2v) is 5.22. The van der Waals surface area contributed by atoms with Crippen LogP contribution >= 0.6 is 0 Å². The van der Waals surface area contributed by atoms with Crippen LogP contribution in [0.1, 0.15) is 46.4 Å². The molecule has 0 aromatic carbocycles. The van der Waals surface area contributed by atoms with Gasteiger partial charge in [0.15, 0.2) is 0 Å². The van der Waals surface area contributed by atoms with E-state index in [-0.39, 0.29) is 0 Å². The molecule has 0 amide bonds. The molecular weight excluding hydrogens is 222 g/mol. The number of hydrogen-bond acceptors (Lipinski definition) is 2. The monoisotopic (exact) mass is 249 g/mol. The topological polar surface area (TPSA) is 29.9 Å². The highest BCUT2D eigenvalue weighted by atomic mass is 15.1. The van der Waals surface area contributed by atoms with Gasteiger partial charge in [-0.1, -0.05) is 26.8 Å². The highest BCUT2D eigenvalue weighted by Gasteiger charge is 2.03. The molecule has 1 heterocycles. The van der Waals surface area contributed by atoms with Crippen LogP contribution in [0.25, 0.3) is 5.57 Å². The Morgan fingerprint density at radius 1 is 1.50 bits per heavy atom. The summed E-state index contributed by atoms with van der Waals surface area (Å²) >= 11 is 0. The van der Waals surface area contributed by atoms with Crippen molar-refractivity contribution in [2.45, 2.75) is 47.1 Å². The maximum absolute atomic E-state index is 4.44. The van der Waals surface area contributed by atoms with Crippen LogP contribution in [0.4, 0.5) is 0 Å². The van der Waals surface area contributed by atoms with Crippen LogP contribution < -0.4 is 5.32 Å². The van der Waals surface area contributed by atoms with E-state index in [9.17, 15) is 0 Å². The number of hydrogen-bond donors (Lipinski definition) is 1. The van der Waals surface area contributed by atoms with Crippen LogP contribution in [0.15, 0.2) is 18.5 Å². The van der Waals surface area contributed by atoms with Crippen molar-refractivity contribution >= 4 is 5.57 Å². The molecular formula is C15H27N3. The zero-order chi connectivity index (χ0) is 13.4. The van der Waals surface area contributed by atoms with Gasteiger partial charge in [-0.3, -0.25) is 0 Å². The summed E-state index contributed by atoms with van der Waals surface area (Å²) in [4.78, 5) is 4.44. The van der Waals surface area contributed by atoms with Crippen LogP contribution in [0, 0.1) is 5.92 Å². The van der Waals surface area contributed by atoms with Gasteiger partial charge in [0.05, 0.1) is 0 Å². The quantitative estimate of drug-likeness (QED) is 0.716. The average molecular weight is 249 g/mol. The third-order valence-electron chi connectivity index (χ3n) is 2.86. The van der Waals surface area contributed by atoms with E-state index in [0.29, 0.717) is 0 Å². The summed E-state index contributed by atoms with van der Waals surface area (Å²) in [5, 5.41) is 3.45. The second-order valence-electron chi connectivity index (χ2n) is 5.22. The zero-order valence-electron chi connectivity index (χ0n) is 12.2. The third-order valence-corrected chi connectivity index (χ3v) is 2.86. The highest BCUT2D eigenvalue weighted by molar-refractivity contribution is 5.57. The van der Waals surface area contributed by atoms with Gasteiger partial charge in [0.1, 0.15) is 5.82 Å². The molecule has 0 aliphatic rings. The van der Waals surface area contributed by atoms with E-state index in [1.54, 1.807) is 0 Å². The molecule has 0 spiro atoms. The van der Waals surface area contributed by atoms with E-state index in [1.807, 2.05) is 6.20 Å². The second kappa shape index (κ2) is 8.09. The molecule has 18 heavy (non-hydrogen) atoms. The molecule has 0 saturated heterocycles. The minimum Gasteiger partial charge on any atom is -0.331 e. The van der Waals surface area contributed by atoms with Gasteiger partial charge in [0, 0.05) is 18.9 Å². The van der Waals surface area contributed by atoms with Crippen molar-refractivity contribution in [2.75, 3.05) is 13.1 Å². The predicted molar refractivity (Wildman–Crippen MR) is 78.5 cm³/mol. The Morgan fingerprint density at radius 3 is 2.94 bits per heavy atom. The highest BCUT2D eigenvalue weighted by Crippen LogP contribution is 2.12. The van der Waals surface area contributed by atoms with Crippen LogP contribution in [-0.4, -0.2) is 22.6 Å². The number of aryl methyl sites for hydroxylation is 1. The maximum atomic E-state index is 4.44. The first kappa shape index (κ1) is 15.0. The predicted octanol–water partition coefficient (Wildman–Crippen LogP) is 3.33. The third kappa shape index (κ3) is 5.05. The first-order valence-electron chi connectivity index (χ1n) is 7.04. The molecule has 0 saturated carbocycles. The van der Waals surface area contributed by atoms with Crippen molar-refractivity contribution in [1.29, 1.82) is 0 Å². The Hall–Kier alpha value is -1.09. The molecule has 1 N–H and O–H groups in total. The van der Waals surface area contributed by atoms with Gasteiger partial charge in [0.2, 0.25) is 0 Å². The summed E-state index contributed by atoms with van der Waals surface area (Å²) in [5.41, 5.74) is 1.28. The summed E-state index contributed by atoms with van der Waals surface area (Å²) in [6.45, 7) is 12.0. The fraction of sp³-hybridized carbons (Fsp3) is 0.667. The van der Waals surface area contributed by atoms with Crippen LogP contribution in [-0.2, 0) is 6.54 Å². The molecule has 0 unspecified atom stereocenters. The van der Waals surface area contributed by atoms with Crippen molar-refractivity contribution < 1.29 is 0 Å². The van der Waals surface area contributed by atoms with Crippen molar-refractivity contribution in [3.63, 3.8) is 0 Å². The summed E-state index contributed by atoms with van der Waals surface area (Å²) in [6.07, 6.45) is 8.44. The van der Waals surface area contributed by atoms with Crippen LogP contribution in [0.2, 0.25) is 0 Å². The van der Waals surface area contributed by atoms with Crippen LogP contribution in [0.3, 0.4) is 0 Å². The smallest absolute Gasteiger partial charge is 0.135 e. The largest absolute Gasteiger partial charge is 0.331 e. The van der Waals surface area contributed by atoms with Gasteiger partial charge in [0.25, 0.3) is 0 Å². The molecule has 0 aliphatic heterocycles. The normalized spacial score (nSPS) is 12.4. The molecule has 1 aromatic rings. The van der Waals surface area contributed by atoms with E-state index < -0.39 is 0 Å². The molecule has 102 valence electrons. The Kier molecular flexibility index (Phi) is 6.73. The summed E-state index contributed by atoms with van der Waals surface area (Å²) in [6, 6.07) is 0. The number of rotatable bonds is 8. The molecule has 0 fully saturated rings. The Labute approximate surface area is 111 Å². The van der Waals surface area contributed by atoms with Gasteiger partial charge in [-0.15, -0.1) is 0 Å². The number of nitrogens with zero attached hydrogens (tertiary/aromatic N) is 2. The van der Waals surface area contributed by atoms with Crippen molar-refractivity contribution in [3.05, 3.63) is 24.3 Å². The Bertz CT molecular complexity index is 364. The van der Waals surface area contributed by atoms with Gasteiger partial charge in [-0.05, 0) is 44.3 Å². The SMILES string of the molecule is CCCn1ccnc1C(C)=CCCNCC(C)C. The van der Waals surface area contributed by atoms with Crippen LogP contribution in [0.5, 0.6) is 0 Å². The first-order valence-corrected chi connectivity index (χ1v) is 7.04. The fourth-order valence-electron chi connectivity index (χ4n) is 1.95. The number of aromatic nitrogens is 2. The lowest BCUT2D eigenvalue weighted by molar-refractivity contribution is 0.557. The standard InChI is InChI=1S/C15H27N3/c1-5-10-18-11-9-17-15(18)14(4)7-6-8-16-12-13(2)3/h7,9,11,13,16H,5-6,8,10,12H2,1-4H3. The van der Waals surface area contributed by atoms with Gasteiger partial charge < -0.3 is 9.88 Å². The Balaban J connectivity index is 2.42. The van der Waals surface area contributed by atoms with E-state index in [4.69, 9.17) is 0 Å². The molecule has 3 heteroatoms. The van der Waals surface area contributed by atoms with Crippen molar-refractivity contribution in [2.24, 2.45) is 5.92 Å². The molecule has 0 aliphatic carbocycles. The lowest BCUT2D eigenvalue weighted by atomic mass is 10.2. The van der Waals surface area contributed by atoms with Gasteiger partial charge in [-0.2, -0.15) is 0 Å². The average Bonchev–Trinajstić information content (AvgIpc) is 2.77. The summed E-state index contributed by atoms with van der Waals surface area (Å²) < 4.78 is 2.23. The van der Waals surface area contributed by atoms with Gasteiger partial charge >= 0.3 is 0 Å². The first-order chi connectivity index (χ1) is 8.65. The van der Waals surface area contributed by atoms with Crippen molar-refractivity contribution in [1.82, 2.24) is 14.9 Å². The minimum atomic E-state index is 0.721. The number of imidazole rings is 1. The van der Waals surface area contributed by atoms with E-state index in [0.717, 1.165) is 44.2 Å². The summed E-state index contributed by atoms with van der Waals surface area (Å²) in [5.74, 6) is 1.83. The summed E-state index contributed by atoms with van der Waals surface area (Å²) in [7, 11) is 0. The maximum Gasteiger partial charge on any atom is 0.135 e. The van der Waals surface area contributed by atoms with E-state index in [2.05, 4.69) is 54.8 Å². The molecule has 0 bridgehead atoms. The lowest BCUT2D eigenvalue weighted by Gasteiger charge is -2.08. The van der Waals surface area contributed by atoms with E-state index >= 15 is 0 Å². The molecule has 1 rings (SSSR count). The fourth-order valence-corrected chi connectivity index (χ4v) is 1.95. The van der Waals surface area contributed by atoms with E-state index in [1.165, 1.54) is 5.57 Å². The van der Waals surface area contributed by atoms with Gasteiger partial charge in [-0.25, -0.2) is 4.98 Å². The Morgan fingerprint density at radius 2 is 2.28 bits per heavy atom. The molecule has 1 aromatic heterocycles. The lowest BCUT2D eigenvalue weighted by Crippen LogP contribution is -2.20. The zero-order valence-corrected chi connectivity index (χ0v) is 12.2. The van der Waals surface area contributed by atoms with Crippen molar-refractivity contribution in [3.8, 4) is 0 Å². The molecule has 0 radical (unpaired) electrons.